The van der Waals surface area contributed by atoms with Gasteiger partial charge in [0.25, 0.3) is 0 Å². The summed E-state index contributed by atoms with van der Waals surface area (Å²) in [4.78, 5) is 8.05. The van der Waals surface area contributed by atoms with Crippen molar-refractivity contribution in [3.05, 3.63) is 41.2 Å². The Morgan fingerprint density at radius 3 is 3.00 bits per heavy atom. The second-order valence-electron chi connectivity index (χ2n) is 3.11. The molecule has 0 aliphatic heterocycles. The zero-order valence-electron chi connectivity index (χ0n) is 8.14. The molecule has 2 heterocycles. The van der Waals surface area contributed by atoms with Crippen LogP contribution in [-0.4, -0.2) is 9.97 Å². The summed E-state index contributed by atoms with van der Waals surface area (Å²) >= 11 is 3.29. The molecule has 4 nitrogen and oxygen atoms in total. The van der Waals surface area contributed by atoms with Crippen LogP contribution in [0.25, 0.3) is 0 Å². The molecule has 1 atom stereocenters. The average Bonchev–Trinajstić information content (AvgIpc) is 2.70. The molecule has 78 valence electrons. The van der Waals surface area contributed by atoms with Crippen LogP contribution in [0.2, 0.25) is 0 Å². The molecule has 1 unspecified atom stereocenters. The van der Waals surface area contributed by atoms with E-state index in [2.05, 4.69) is 31.2 Å². The molecule has 0 aliphatic rings. The van der Waals surface area contributed by atoms with Crippen molar-refractivity contribution in [1.82, 2.24) is 9.97 Å². The lowest BCUT2D eigenvalue weighted by atomic mass is 10.2. The Morgan fingerprint density at radius 1 is 1.47 bits per heavy atom. The molecule has 0 spiro atoms. The number of rotatable bonds is 3. The van der Waals surface area contributed by atoms with E-state index in [-0.39, 0.29) is 6.04 Å². The summed E-state index contributed by atoms with van der Waals surface area (Å²) < 4.78 is 6.04. The minimum Gasteiger partial charge on any atom is -0.467 e. The van der Waals surface area contributed by atoms with Gasteiger partial charge in [0.2, 0.25) is 0 Å². The van der Waals surface area contributed by atoms with Crippen LogP contribution >= 0.6 is 15.9 Å². The number of hydrogen-bond donors (Lipinski definition) is 1. The third-order valence-electron chi connectivity index (χ3n) is 1.97. The van der Waals surface area contributed by atoms with E-state index in [1.807, 2.05) is 25.1 Å². The van der Waals surface area contributed by atoms with Gasteiger partial charge in [0.1, 0.15) is 22.5 Å². The summed E-state index contributed by atoms with van der Waals surface area (Å²) in [5.41, 5.74) is 0. The highest BCUT2D eigenvalue weighted by atomic mass is 79.9. The van der Waals surface area contributed by atoms with Gasteiger partial charge >= 0.3 is 0 Å². The molecule has 2 aromatic heterocycles. The summed E-state index contributed by atoms with van der Waals surface area (Å²) in [6, 6.07) is 5.69. The van der Waals surface area contributed by atoms with Crippen molar-refractivity contribution in [2.75, 3.05) is 5.32 Å². The van der Waals surface area contributed by atoms with E-state index in [4.69, 9.17) is 4.42 Å². The molecular formula is C10H10BrN3O. The number of furan rings is 1. The lowest BCUT2D eigenvalue weighted by molar-refractivity contribution is 0.490. The summed E-state index contributed by atoms with van der Waals surface area (Å²) in [6.45, 7) is 2.01. The minimum absolute atomic E-state index is 0.0850. The fourth-order valence-corrected chi connectivity index (χ4v) is 1.55. The Labute approximate surface area is 95.9 Å². The predicted molar refractivity (Wildman–Crippen MR) is 60.5 cm³/mol. The first-order chi connectivity index (χ1) is 7.25. The van der Waals surface area contributed by atoms with Crippen LogP contribution < -0.4 is 5.32 Å². The number of anilines is 1. The Bertz CT molecular complexity index is 430. The SMILES string of the molecule is CC(Nc1cc(Br)ncn1)c1ccco1. The maximum atomic E-state index is 5.28. The monoisotopic (exact) mass is 267 g/mol. The molecule has 2 aromatic rings. The van der Waals surface area contributed by atoms with Crippen molar-refractivity contribution in [3.8, 4) is 0 Å². The van der Waals surface area contributed by atoms with Gasteiger partial charge in [0, 0.05) is 6.07 Å². The van der Waals surface area contributed by atoms with Gasteiger partial charge in [-0.2, -0.15) is 0 Å². The van der Waals surface area contributed by atoms with Crippen LogP contribution in [0.15, 0.2) is 39.8 Å². The van der Waals surface area contributed by atoms with Gasteiger partial charge in [-0.15, -0.1) is 0 Å². The summed E-state index contributed by atoms with van der Waals surface area (Å²) in [5, 5.41) is 3.21. The number of aromatic nitrogens is 2. The van der Waals surface area contributed by atoms with Gasteiger partial charge in [0.15, 0.2) is 0 Å². The molecule has 0 aliphatic carbocycles. The maximum absolute atomic E-state index is 5.28. The molecule has 0 radical (unpaired) electrons. The van der Waals surface area contributed by atoms with E-state index in [1.54, 1.807) is 6.26 Å². The van der Waals surface area contributed by atoms with Crippen LogP contribution in [0.3, 0.4) is 0 Å². The van der Waals surface area contributed by atoms with Gasteiger partial charge < -0.3 is 9.73 Å². The summed E-state index contributed by atoms with van der Waals surface area (Å²) in [5.74, 6) is 1.64. The van der Waals surface area contributed by atoms with Crippen LogP contribution in [0.5, 0.6) is 0 Å². The first kappa shape index (κ1) is 10.2. The normalized spacial score (nSPS) is 12.4. The van der Waals surface area contributed by atoms with Crippen molar-refractivity contribution >= 4 is 21.7 Å². The highest BCUT2D eigenvalue weighted by molar-refractivity contribution is 9.10. The number of halogens is 1. The molecule has 0 amide bonds. The lowest BCUT2D eigenvalue weighted by Crippen LogP contribution is -2.06. The first-order valence-corrected chi connectivity index (χ1v) is 5.32. The van der Waals surface area contributed by atoms with E-state index in [9.17, 15) is 0 Å². The lowest BCUT2D eigenvalue weighted by Gasteiger charge is -2.11. The molecule has 0 saturated heterocycles. The minimum atomic E-state index is 0.0850. The number of nitrogens with one attached hydrogen (secondary N) is 1. The van der Waals surface area contributed by atoms with Crippen LogP contribution in [0, 0.1) is 0 Å². The fourth-order valence-electron chi connectivity index (χ4n) is 1.24. The largest absolute Gasteiger partial charge is 0.467 e. The molecule has 5 heteroatoms. The summed E-state index contributed by atoms with van der Waals surface area (Å²) in [6.07, 6.45) is 3.16. The van der Waals surface area contributed by atoms with Gasteiger partial charge in [-0.05, 0) is 35.0 Å². The highest BCUT2D eigenvalue weighted by Gasteiger charge is 2.08. The predicted octanol–water partition coefficient (Wildman–Crippen LogP) is 3.01. The van der Waals surface area contributed by atoms with Gasteiger partial charge in [-0.1, -0.05) is 0 Å². The molecule has 1 N–H and O–H groups in total. The van der Waals surface area contributed by atoms with Crippen molar-refractivity contribution in [3.63, 3.8) is 0 Å². The van der Waals surface area contributed by atoms with E-state index in [0.717, 1.165) is 16.2 Å². The molecule has 0 saturated carbocycles. The third-order valence-corrected chi connectivity index (χ3v) is 2.40. The van der Waals surface area contributed by atoms with Gasteiger partial charge in [-0.25, -0.2) is 9.97 Å². The Kier molecular flexibility index (Phi) is 3.01. The third kappa shape index (κ3) is 2.56. The standard InChI is InChI=1S/C10H10BrN3O/c1-7(8-3-2-4-15-8)14-10-5-9(11)12-6-13-10/h2-7H,1H3,(H,12,13,14). The van der Waals surface area contributed by atoms with Gasteiger partial charge in [0.05, 0.1) is 12.3 Å². The Hall–Kier alpha value is -1.36. The fraction of sp³-hybridized carbons (Fsp3) is 0.200. The van der Waals surface area contributed by atoms with Crippen molar-refractivity contribution < 1.29 is 4.42 Å². The number of nitrogens with zero attached hydrogens (tertiary/aromatic N) is 2. The van der Waals surface area contributed by atoms with Crippen molar-refractivity contribution in [2.24, 2.45) is 0 Å². The molecule has 2 rings (SSSR count). The highest BCUT2D eigenvalue weighted by Crippen LogP contribution is 2.18. The average molecular weight is 268 g/mol. The quantitative estimate of drug-likeness (QED) is 0.869. The topological polar surface area (TPSA) is 51.0 Å². The van der Waals surface area contributed by atoms with Crippen LogP contribution in [0.4, 0.5) is 5.82 Å². The van der Waals surface area contributed by atoms with E-state index in [1.165, 1.54) is 6.33 Å². The maximum Gasteiger partial charge on any atom is 0.131 e. The first-order valence-electron chi connectivity index (χ1n) is 4.53. The Morgan fingerprint density at radius 2 is 2.33 bits per heavy atom. The van der Waals surface area contributed by atoms with Crippen molar-refractivity contribution in [2.45, 2.75) is 13.0 Å². The molecule has 0 fully saturated rings. The van der Waals surface area contributed by atoms with Crippen molar-refractivity contribution in [1.29, 1.82) is 0 Å². The zero-order valence-corrected chi connectivity index (χ0v) is 9.73. The van der Waals surface area contributed by atoms with Crippen LogP contribution in [0.1, 0.15) is 18.7 Å². The molecule has 0 bridgehead atoms. The second kappa shape index (κ2) is 4.44. The van der Waals surface area contributed by atoms with Gasteiger partial charge in [-0.3, -0.25) is 0 Å². The molecule has 15 heavy (non-hydrogen) atoms. The molecule has 0 aromatic carbocycles. The van der Waals surface area contributed by atoms with E-state index >= 15 is 0 Å². The second-order valence-corrected chi connectivity index (χ2v) is 3.92. The smallest absolute Gasteiger partial charge is 0.131 e. The Balaban J connectivity index is 2.09. The van der Waals surface area contributed by atoms with E-state index < -0.39 is 0 Å². The number of hydrogen-bond acceptors (Lipinski definition) is 4. The zero-order chi connectivity index (χ0) is 10.7. The van der Waals surface area contributed by atoms with E-state index in [0.29, 0.717) is 0 Å². The summed E-state index contributed by atoms with van der Waals surface area (Å²) in [7, 11) is 0. The van der Waals surface area contributed by atoms with Crippen LogP contribution in [-0.2, 0) is 0 Å². The molecular weight excluding hydrogens is 258 g/mol.